The molecule has 23 heavy (non-hydrogen) atoms. The number of hydrogen-bond acceptors (Lipinski definition) is 3. The van der Waals surface area contributed by atoms with Crippen LogP contribution in [0.25, 0.3) is 0 Å². The van der Waals surface area contributed by atoms with Crippen molar-refractivity contribution in [3.63, 3.8) is 0 Å². The Kier molecular flexibility index (Phi) is 5.62. The van der Waals surface area contributed by atoms with Crippen LogP contribution in [-0.4, -0.2) is 56.8 Å². The molecule has 2 fully saturated rings. The van der Waals surface area contributed by atoms with Gasteiger partial charge in [0.15, 0.2) is 5.96 Å². The van der Waals surface area contributed by atoms with Gasteiger partial charge in [0.2, 0.25) is 0 Å². The number of hydrogen-bond donors (Lipinski definition) is 1. The number of nitrogens with two attached hydrogens (primary N) is 1. The van der Waals surface area contributed by atoms with Crippen molar-refractivity contribution in [1.29, 1.82) is 0 Å². The summed E-state index contributed by atoms with van der Waals surface area (Å²) in [5.74, 6) is 1.20. The minimum atomic E-state index is 0.526. The van der Waals surface area contributed by atoms with E-state index in [1.807, 2.05) is 12.1 Å². The standard InChI is InChI=1S/C17H25ClN4O/c18-15-3-5-16(6-4-15)21-7-9-22(10-8-21)17(19)20-12-14-2-1-11-23-13-14/h3-6,14H,1-2,7-13H2,(H2,19,20). The number of guanidine groups is 1. The topological polar surface area (TPSA) is 54.1 Å². The van der Waals surface area contributed by atoms with Crippen LogP contribution in [-0.2, 0) is 4.74 Å². The molecule has 0 bridgehead atoms. The molecule has 0 radical (unpaired) electrons. The Morgan fingerprint density at radius 2 is 1.96 bits per heavy atom. The van der Waals surface area contributed by atoms with Gasteiger partial charge in [-0.15, -0.1) is 0 Å². The molecule has 0 spiro atoms. The van der Waals surface area contributed by atoms with Crippen molar-refractivity contribution in [3.8, 4) is 0 Å². The normalized spacial score (nSPS) is 23.2. The number of piperazine rings is 1. The van der Waals surface area contributed by atoms with E-state index in [0.29, 0.717) is 11.9 Å². The van der Waals surface area contributed by atoms with Gasteiger partial charge in [-0.3, -0.25) is 4.99 Å². The molecular formula is C17H25ClN4O. The Bertz CT molecular complexity index is 520. The molecule has 2 heterocycles. The van der Waals surface area contributed by atoms with Crippen LogP contribution in [0.1, 0.15) is 12.8 Å². The van der Waals surface area contributed by atoms with Crippen molar-refractivity contribution in [1.82, 2.24) is 4.90 Å². The number of ether oxygens (including phenoxy) is 1. The van der Waals surface area contributed by atoms with E-state index in [1.54, 1.807) is 0 Å². The molecule has 3 rings (SSSR count). The van der Waals surface area contributed by atoms with Crippen LogP contribution in [0.5, 0.6) is 0 Å². The van der Waals surface area contributed by atoms with E-state index in [0.717, 1.165) is 57.4 Å². The first kappa shape index (κ1) is 16.4. The number of anilines is 1. The molecule has 2 aliphatic heterocycles. The Morgan fingerprint density at radius 1 is 1.22 bits per heavy atom. The minimum Gasteiger partial charge on any atom is -0.381 e. The molecule has 2 N–H and O–H groups in total. The van der Waals surface area contributed by atoms with Crippen LogP contribution in [0, 0.1) is 5.92 Å². The zero-order valence-electron chi connectivity index (χ0n) is 13.5. The largest absolute Gasteiger partial charge is 0.381 e. The number of nitrogens with zero attached hydrogens (tertiary/aromatic N) is 3. The average Bonchev–Trinajstić information content (AvgIpc) is 2.61. The quantitative estimate of drug-likeness (QED) is 0.679. The lowest BCUT2D eigenvalue weighted by atomic mass is 10.0. The third-order valence-electron chi connectivity index (χ3n) is 4.56. The third-order valence-corrected chi connectivity index (χ3v) is 4.81. The predicted octanol–water partition coefficient (Wildman–Crippen LogP) is 2.20. The van der Waals surface area contributed by atoms with Gasteiger partial charge in [-0.1, -0.05) is 11.6 Å². The van der Waals surface area contributed by atoms with E-state index in [-0.39, 0.29) is 0 Å². The van der Waals surface area contributed by atoms with E-state index < -0.39 is 0 Å². The van der Waals surface area contributed by atoms with Gasteiger partial charge in [-0.2, -0.15) is 0 Å². The van der Waals surface area contributed by atoms with Crippen LogP contribution < -0.4 is 10.6 Å². The second-order valence-electron chi connectivity index (χ2n) is 6.23. The molecule has 0 aliphatic carbocycles. The molecule has 0 aromatic heterocycles. The lowest BCUT2D eigenvalue weighted by molar-refractivity contribution is 0.0581. The fourth-order valence-corrected chi connectivity index (χ4v) is 3.25. The molecule has 1 aromatic carbocycles. The first-order valence-corrected chi connectivity index (χ1v) is 8.73. The van der Waals surface area contributed by atoms with Gasteiger partial charge in [-0.05, 0) is 37.1 Å². The highest BCUT2D eigenvalue weighted by Gasteiger charge is 2.19. The summed E-state index contributed by atoms with van der Waals surface area (Å²) in [5, 5.41) is 0.774. The smallest absolute Gasteiger partial charge is 0.191 e. The molecule has 6 heteroatoms. The van der Waals surface area contributed by atoms with Crippen LogP contribution in [0.15, 0.2) is 29.3 Å². The SMILES string of the molecule is NC(=NCC1CCCOC1)N1CCN(c2ccc(Cl)cc2)CC1. The monoisotopic (exact) mass is 336 g/mol. The highest BCUT2D eigenvalue weighted by molar-refractivity contribution is 6.30. The van der Waals surface area contributed by atoms with Gasteiger partial charge < -0.3 is 20.3 Å². The Balaban J connectivity index is 1.48. The summed E-state index contributed by atoms with van der Waals surface area (Å²) < 4.78 is 5.49. The van der Waals surface area contributed by atoms with Gasteiger partial charge in [0, 0.05) is 56.0 Å². The summed E-state index contributed by atoms with van der Waals surface area (Å²) >= 11 is 5.95. The summed E-state index contributed by atoms with van der Waals surface area (Å²) in [6, 6.07) is 8.01. The van der Waals surface area contributed by atoms with Crippen LogP contribution in [0.2, 0.25) is 5.02 Å². The van der Waals surface area contributed by atoms with Crippen molar-refractivity contribution >= 4 is 23.2 Å². The molecule has 0 amide bonds. The van der Waals surface area contributed by atoms with Crippen molar-refractivity contribution in [2.75, 3.05) is 50.8 Å². The molecule has 1 aromatic rings. The van der Waals surface area contributed by atoms with E-state index in [1.165, 1.54) is 12.1 Å². The third kappa shape index (κ3) is 4.52. The molecule has 2 aliphatic rings. The lowest BCUT2D eigenvalue weighted by Crippen LogP contribution is -2.51. The zero-order valence-corrected chi connectivity index (χ0v) is 14.2. The second kappa shape index (κ2) is 7.88. The van der Waals surface area contributed by atoms with E-state index >= 15 is 0 Å². The van der Waals surface area contributed by atoms with Crippen molar-refractivity contribution in [3.05, 3.63) is 29.3 Å². The fourth-order valence-electron chi connectivity index (χ4n) is 3.12. The molecule has 1 unspecified atom stereocenters. The second-order valence-corrected chi connectivity index (χ2v) is 6.67. The highest BCUT2D eigenvalue weighted by Crippen LogP contribution is 2.19. The van der Waals surface area contributed by atoms with Crippen LogP contribution in [0.4, 0.5) is 5.69 Å². The Morgan fingerprint density at radius 3 is 2.61 bits per heavy atom. The fraction of sp³-hybridized carbons (Fsp3) is 0.588. The van der Waals surface area contributed by atoms with Crippen molar-refractivity contribution in [2.45, 2.75) is 12.8 Å². The van der Waals surface area contributed by atoms with Crippen molar-refractivity contribution in [2.24, 2.45) is 16.6 Å². The van der Waals surface area contributed by atoms with Gasteiger partial charge >= 0.3 is 0 Å². The van der Waals surface area contributed by atoms with Crippen molar-refractivity contribution < 1.29 is 4.74 Å². The summed E-state index contributed by atoms with van der Waals surface area (Å²) in [6.07, 6.45) is 2.33. The van der Waals surface area contributed by atoms with Gasteiger partial charge in [0.25, 0.3) is 0 Å². The molecule has 1 atom stereocenters. The zero-order chi connectivity index (χ0) is 16.1. The summed E-state index contributed by atoms with van der Waals surface area (Å²) in [6.45, 7) is 6.19. The molecule has 126 valence electrons. The van der Waals surface area contributed by atoms with E-state index in [2.05, 4.69) is 26.9 Å². The lowest BCUT2D eigenvalue weighted by Gasteiger charge is -2.36. The van der Waals surface area contributed by atoms with E-state index in [9.17, 15) is 0 Å². The summed E-state index contributed by atoms with van der Waals surface area (Å²) in [7, 11) is 0. The van der Waals surface area contributed by atoms with Gasteiger partial charge in [0.1, 0.15) is 0 Å². The number of aliphatic imine (C=N–C) groups is 1. The van der Waals surface area contributed by atoms with Crippen LogP contribution in [0.3, 0.4) is 0 Å². The summed E-state index contributed by atoms with van der Waals surface area (Å²) in [5.41, 5.74) is 7.38. The first-order valence-electron chi connectivity index (χ1n) is 8.35. The molecule has 5 nitrogen and oxygen atoms in total. The van der Waals surface area contributed by atoms with Crippen LogP contribution >= 0.6 is 11.6 Å². The molecule has 2 saturated heterocycles. The first-order chi connectivity index (χ1) is 11.2. The maximum atomic E-state index is 6.17. The number of benzene rings is 1. The highest BCUT2D eigenvalue weighted by atomic mass is 35.5. The Labute approximate surface area is 143 Å². The summed E-state index contributed by atoms with van der Waals surface area (Å²) in [4.78, 5) is 9.12. The predicted molar refractivity (Wildman–Crippen MR) is 95.3 cm³/mol. The number of halogens is 1. The average molecular weight is 337 g/mol. The van der Waals surface area contributed by atoms with Gasteiger partial charge in [0.05, 0.1) is 6.61 Å². The Hall–Kier alpha value is -1.46. The maximum absolute atomic E-state index is 6.17. The maximum Gasteiger partial charge on any atom is 0.191 e. The minimum absolute atomic E-state index is 0.526. The molecule has 0 saturated carbocycles. The number of rotatable bonds is 3. The van der Waals surface area contributed by atoms with Gasteiger partial charge in [-0.25, -0.2) is 0 Å². The van der Waals surface area contributed by atoms with E-state index in [4.69, 9.17) is 22.1 Å². The molecular weight excluding hydrogens is 312 g/mol.